The van der Waals surface area contributed by atoms with Crippen molar-refractivity contribution in [2.45, 2.75) is 0 Å². The van der Waals surface area contributed by atoms with Gasteiger partial charge in [0, 0.05) is 10.7 Å². The summed E-state index contributed by atoms with van der Waals surface area (Å²) in [5.74, 6) is -1.34. The monoisotopic (exact) mass is 356 g/mol. The molecule has 2 N–H and O–H groups in total. The van der Waals surface area contributed by atoms with E-state index >= 15 is 0 Å². The third-order valence-corrected chi connectivity index (χ3v) is 3.25. The fraction of sp³-hybridized carbons (Fsp3) is 0.0556. The number of carboxylic acids is 1. The van der Waals surface area contributed by atoms with Gasteiger partial charge in [0.2, 0.25) is 0 Å². The number of benzene rings is 2. The molecule has 25 heavy (non-hydrogen) atoms. The Morgan fingerprint density at radius 3 is 2.60 bits per heavy atom. The first-order valence-electron chi connectivity index (χ1n) is 7.11. The summed E-state index contributed by atoms with van der Waals surface area (Å²) in [6, 6.07) is 14.7. The number of anilines is 1. The van der Waals surface area contributed by atoms with Crippen LogP contribution in [-0.2, 0) is 9.59 Å². The normalized spacial score (nSPS) is 10.6. The third-order valence-electron chi connectivity index (χ3n) is 3.00. The second-order valence-electron chi connectivity index (χ2n) is 4.89. The molecule has 0 aliphatic carbocycles. The zero-order valence-corrected chi connectivity index (χ0v) is 13.7. The summed E-state index contributed by atoms with van der Waals surface area (Å²) >= 11 is 5.78. The zero-order valence-electron chi connectivity index (χ0n) is 12.9. The van der Waals surface area contributed by atoms with Crippen LogP contribution in [0.25, 0.3) is 6.08 Å². The highest BCUT2D eigenvalue weighted by molar-refractivity contribution is 6.30. The maximum Gasteiger partial charge on any atom is 0.341 e. The Bertz CT molecular complexity index is 854. The van der Waals surface area contributed by atoms with Crippen molar-refractivity contribution in [1.82, 2.24) is 0 Å². The number of carbonyl (C=O) groups excluding carboxylic acids is 1. The minimum Gasteiger partial charge on any atom is -0.482 e. The van der Waals surface area contributed by atoms with Gasteiger partial charge in [0.25, 0.3) is 5.91 Å². The molecular formula is C18H13ClN2O4. The van der Waals surface area contributed by atoms with Crippen LogP contribution in [0.15, 0.2) is 54.1 Å². The number of hydrogen-bond donors (Lipinski definition) is 2. The van der Waals surface area contributed by atoms with Crippen LogP contribution in [0, 0.1) is 11.3 Å². The van der Waals surface area contributed by atoms with Crippen LogP contribution < -0.4 is 10.1 Å². The number of amides is 1. The molecule has 0 heterocycles. The fourth-order valence-corrected chi connectivity index (χ4v) is 2.01. The first-order chi connectivity index (χ1) is 12.0. The molecule has 2 aromatic carbocycles. The topological polar surface area (TPSA) is 99.4 Å². The quantitative estimate of drug-likeness (QED) is 0.610. The number of hydrogen-bond acceptors (Lipinski definition) is 4. The van der Waals surface area contributed by atoms with Gasteiger partial charge in [-0.05, 0) is 48.0 Å². The molecule has 2 rings (SSSR count). The van der Waals surface area contributed by atoms with E-state index in [-0.39, 0.29) is 5.57 Å². The Labute approximate surface area is 148 Å². The van der Waals surface area contributed by atoms with Crippen molar-refractivity contribution in [3.8, 4) is 11.8 Å². The van der Waals surface area contributed by atoms with Gasteiger partial charge < -0.3 is 15.2 Å². The predicted octanol–water partition coefficient (Wildman–Crippen LogP) is 3.35. The molecule has 6 nitrogen and oxygen atoms in total. The van der Waals surface area contributed by atoms with Crippen molar-refractivity contribution >= 4 is 35.2 Å². The van der Waals surface area contributed by atoms with E-state index in [9.17, 15) is 14.9 Å². The van der Waals surface area contributed by atoms with Crippen molar-refractivity contribution < 1.29 is 19.4 Å². The van der Waals surface area contributed by atoms with E-state index in [1.54, 1.807) is 42.5 Å². The molecule has 2 aromatic rings. The Kier molecular flexibility index (Phi) is 6.15. The van der Waals surface area contributed by atoms with Gasteiger partial charge in [0.1, 0.15) is 17.4 Å². The Morgan fingerprint density at radius 2 is 1.96 bits per heavy atom. The van der Waals surface area contributed by atoms with Crippen molar-refractivity contribution in [3.63, 3.8) is 0 Å². The van der Waals surface area contributed by atoms with Crippen molar-refractivity contribution in [2.75, 3.05) is 11.9 Å². The first kappa shape index (κ1) is 18.0. The summed E-state index contributed by atoms with van der Waals surface area (Å²) in [6.45, 7) is -0.477. The third kappa shape index (κ3) is 5.68. The molecule has 0 radical (unpaired) electrons. The number of halogens is 1. The lowest BCUT2D eigenvalue weighted by Crippen LogP contribution is -2.13. The number of nitrogens with zero attached hydrogens (tertiary/aromatic N) is 1. The van der Waals surface area contributed by atoms with E-state index in [0.717, 1.165) is 0 Å². The summed E-state index contributed by atoms with van der Waals surface area (Å²) < 4.78 is 5.07. The molecule has 0 saturated carbocycles. The molecule has 1 amide bonds. The van der Waals surface area contributed by atoms with Crippen LogP contribution in [0.4, 0.5) is 5.69 Å². The Balaban J connectivity index is 2.14. The molecule has 126 valence electrons. The first-order valence-corrected chi connectivity index (χ1v) is 7.49. The van der Waals surface area contributed by atoms with E-state index < -0.39 is 18.5 Å². The zero-order chi connectivity index (χ0) is 18.2. The highest BCUT2D eigenvalue weighted by atomic mass is 35.5. The number of nitriles is 1. The van der Waals surface area contributed by atoms with E-state index in [2.05, 4.69) is 5.32 Å². The Morgan fingerprint density at radius 1 is 1.24 bits per heavy atom. The number of aliphatic carboxylic acids is 1. The smallest absolute Gasteiger partial charge is 0.341 e. The van der Waals surface area contributed by atoms with Crippen LogP contribution in [0.3, 0.4) is 0 Å². The van der Waals surface area contributed by atoms with Gasteiger partial charge in [0.15, 0.2) is 6.61 Å². The minimum absolute atomic E-state index is 0.106. The number of rotatable bonds is 6. The average molecular weight is 357 g/mol. The van der Waals surface area contributed by atoms with Crippen LogP contribution in [-0.4, -0.2) is 23.6 Å². The number of nitrogens with one attached hydrogen (secondary N) is 1. The lowest BCUT2D eigenvalue weighted by atomic mass is 10.1. The summed E-state index contributed by atoms with van der Waals surface area (Å²) in [5, 5.41) is 21.0. The lowest BCUT2D eigenvalue weighted by molar-refractivity contribution is -0.139. The van der Waals surface area contributed by atoms with Gasteiger partial charge in [-0.2, -0.15) is 5.26 Å². The van der Waals surface area contributed by atoms with E-state index in [1.165, 1.54) is 12.1 Å². The van der Waals surface area contributed by atoms with Gasteiger partial charge in [-0.15, -0.1) is 0 Å². The number of ether oxygens (including phenoxy) is 1. The molecule has 0 aliphatic rings. The molecule has 0 aromatic heterocycles. The molecule has 0 bridgehead atoms. The lowest BCUT2D eigenvalue weighted by Gasteiger charge is -2.06. The molecule has 0 fully saturated rings. The molecule has 7 heteroatoms. The van der Waals surface area contributed by atoms with Gasteiger partial charge in [-0.25, -0.2) is 4.79 Å². The summed E-state index contributed by atoms with van der Waals surface area (Å²) in [6.07, 6.45) is 1.39. The van der Waals surface area contributed by atoms with E-state index in [1.807, 2.05) is 6.07 Å². The van der Waals surface area contributed by atoms with E-state index in [4.69, 9.17) is 21.4 Å². The molecule has 0 spiro atoms. The maximum atomic E-state index is 12.2. The van der Waals surface area contributed by atoms with Crippen molar-refractivity contribution in [1.29, 1.82) is 5.26 Å². The minimum atomic E-state index is -1.10. The largest absolute Gasteiger partial charge is 0.482 e. The SMILES string of the molecule is N#C/C(=C\c1cccc(OCC(=O)O)c1)C(=O)Nc1ccc(Cl)cc1. The molecule has 0 atom stereocenters. The maximum absolute atomic E-state index is 12.2. The van der Waals surface area contributed by atoms with Gasteiger partial charge in [0.05, 0.1) is 0 Å². The highest BCUT2D eigenvalue weighted by Gasteiger charge is 2.10. The van der Waals surface area contributed by atoms with Crippen LogP contribution in [0.1, 0.15) is 5.56 Å². The second kappa shape index (κ2) is 8.52. The van der Waals surface area contributed by atoms with E-state index in [0.29, 0.717) is 22.0 Å². The van der Waals surface area contributed by atoms with Crippen LogP contribution >= 0.6 is 11.6 Å². The Hall–Kier alpha value is -3.30. The molecule has 0 aliphatic heterocycles. The van der Waals surface area contributed by atoms with Crippen LogP contribution in [0.5, 0.6) is 5.75 Å². The van der Waals surface area contributed by atoms with Crippen molar-refractivity contribution in [3.05, 3.63) is 64.7 Å². The van der Waals surface area contributed by atoms with Gasteiger partial charge in [-0.3, -0.25) is 4.79 Å². The average Bonchev–Trinajstić information content (AvgIpc) is 2.60. The van der Waals surface area contributed by atoms with Crippen LogP contribution in [0.2, 0.25) is 5.02 Å². The van der Waals surface area contributed by atoms with Gasteiger partial charge in [-0.1, -0.05) is 23.7 Å². The number of carbonyl (C=O) groups is 2. The highest BCUT2D eigenvalue weighted by Crippen LogP contribution is 2.18. The molecule has 0 unspecified atom stereocenters. The summed E-state index contributed by atoms with van der Waals surface area (Å²) in [4.78, 5) is 22.7. The standard InChI is InChI=1S/C18H13ClN2O4/c19-14-4-6-15(7-5-14)21-18(24)13(10-20)8-12-2-1-3-16(9-12)25-11-17(22)23/h1-9H,11H2,(H,21,24)(H,22,23)/b13-8+. The predicted molar refractivity (Wildman–Crippen MR) is 93.2 cm³/mol. The fourth-order valence-electron chi connectivity index (χ4n) is 1.89. The second-order valence-corrected chi connectivity index (χ2v) is 5.32. The summed E-state index contributed by atoms with van der Waals surface area (Å²) in [5.41, 5.74) is 0.935. The van der Waals surface area contributed by atoms with Crippen molar-refractivity contribution in [2.24, 2.45) is 0 Å². The molecule has 0 saturated heterocycles. The number of carboxylic acid groups (broad SMARTS) is 1. The summed E-state index contributed by atoms with van der Waals surface area (Å²) in [7, 11) is 0. The molecular weight excluding hydrogens is 344 g/mol. The van der Waals surface area contributed by atoms with Gasteiger partial charge >= 0.3 is 5.97 Å².